The van der Waals surface area contributed by atoms with Crippen LogP contribution in [0.2, 0.25) is 0 Å². The zero-order chi connectivity index (χ0) is 23.4. The number of pyridine rings is 1. The highest BCUT2D eigenvalue weighted by Gasteiger charge is 2.46. The Morgan fingerprint density at radius 3 is 2.70 bits per heavy atom. The van der Waals surface area contributed by atoms with Crippen LogP contribution in [0, 0.1) is 17.1 Å². The first kappa shape index (κ1) is 22.3. The highest BCUT2D eigenvalue weighted by Crippen LogP contribution is 2.36. The van der Waals surface area contributed by atoms with E-state index in [1.54, 1.807) is 18.5 Å². The van der Waals surface area contributed by atoms with Crippen LogP contribution >= 0.6 is 0 Å². The Balaban J connectivity index is 1.82. The highest BCUT2D eigenvalue weighted by molar-refractivity contribution is 6.07. The normalized spacial score (nSPS) is 20.0. The summed E-state index contributed by atoms with van der Waals surface area (Å²) >= 11 is 0. The van der Waals surface area contributed by atoms with E-state index in [1.165, 1.54) is 37.6 Å². The average Bonchev–Trinajstić information content (AvgIpc) is 2.85. The number of methoxy groups -OCH3 is 1. The number of halogens is 1. The van der Waals surface area contributed by atoms with Crippen molar-refractivity contribution in [2.75, 3.05) is 13.7 Å². The fraction of sp³-hybridized carbons (Fsp3) is 0.292. The summed E-state index contributed by atoms with van der Waals surface area (Å²) in [5, 5.41) is 12.7. The number of nitriles is 1. The molecule has 3 aromatic rings. The molecule has 1 aromatic carbocycles. The number of carbonyl (C=O) groups is 1. The molecule has 0 spiro atoms. The predicted octanol–water partition coefficient (Wildman–Crippen LogP) is 3.33. The van der Waals surface area contributed by atoms with Gasteiger partial charge in [-0.05, 0) is 50.1 Å². The van der Waals surface area contributed by atoms with Gasteiger partial charge in [0.1, 0.15) is 17.4 Å². The summed E-state index contributed by atoms with van der Waals surface area (Å²) in [6, 6.07) is 9.28. The summed E-state index contributed by atoms with van der Waals surface area (Å²) in [6.07, 6.45) is 5.51. The molecule has 3 heterocycles. The molecule has 0 unspecified atom stereocenters. The fourth-order valence-corrected chi connectivity index (χ4v) is 3.86. The zero-order valence-electron chi connectivity index (χ0n) is 18.2. The number of hydrogen-bond donors (Lipinski definition) is 1. The first-order chi connectivity index (χ1) is 16.0. The number of rotatable bonds is 6. The van der Waals surface area contributed by atoms with E-state index in [9.17, 15) is 14.4 Å². The van der Waals surface area contributed by atoms with Crippen molar-refractivity contribution in [1.82, 2.24) is 20.3 Å². The van der Waals surface area contributed by atoms with Gasteiger partial charge in [-0.2, -0.15) is 5.26 Å². The molecule has 1 N–H and O–H groups in total. The lowest BCUT2D eigenvalue weighted by atomic mass is 9.82. The number of hydrogen-bond acceptors (Lipinski definition) is 8. The van der Waals surface area contributed by atoms with E-state index in [0.29, 0.717) is 24.2 Å². The minimum Gasteiger partial charge on any atom is -0.490 e. The first-order valence-electron chi connectivity index (χ1n) is 10.4. The molecule has 1 aliphatic rings. The SMILES string of the molecule is COc1c(C#N)ccnc1O[C@]1(C(=O)c2cc(F)ccc2-c2ncccn2)CC[C@@H](C)NC1. The number of ketones is 1. The Morgan fingerprint density at radius 1 is 1.24 bits per heavy atom. The van der Waals surface area contributed by atoms with Crippen molar-refractivity contribution in [2.45, 2.75) is 31.4 Å². The van der Waals surface area contributed by atoms with Crippen molar-refractivity contribution in [1.29, 1.82) is 5.26 Å². The van der Waals surface area contributed by atoms with Gasteiger partial charge in [-0.15, -0.1) is 0 Å². The minimum atomic E-state index is -1.40. The molecule has 0 saturated carbocycles. The van der Waals surface area contributed by atoms with Gasteiger partial charge in [0.15, 0.2) is 17.2 Å². The molecule has 0 amide bonds. The Hall–Kier alpha value is -3.90. The lowest BCUT2D eigenvalue weighted by Crippen LogP contribution is -2.58. The van der Waals surface area contributed by atoms with Crippen molar-refractivity contribution in [3.63, 3.8) is 0 Å². The number of piperidine rings is 1. The monoisotopic (exact) mass is 447 g/mol. The lowest BCUT2D eigenvalue weighted by molar-refractivity contribution is 0.0251. The van der Waals surface area contributed by atoms with Gasteiger partial charge in [-0.25, -0.2) is 19.3 Å². The summed E-state index contributed by atoms with van der Waals surface area (Å²) in [6.45, 7) is 2.18. The molecule has 33 heavy (non-hydrogen) atoms. The quantitative estimate of drug-likeness (QED) is 0.573. The molecule has 1 aliphatic heterocycles. The van der Waals surface area contributed by atoms with Gasteiger partial charge >= 0.3 is 0 Å². The van der Waals surface area contributed by atoms with Crippen molar-refractivity contribution >= 4 is 5.78 Å². The van der Waals surface area contributed by atoms with Gasteiger partial charge < -0.3 is 14.8 Å². The number of nitrogens with one attached hydrogen (secondary N) is 1. The standard InChI is InChI=1S/C24H22FN5O3/c1-15-6-8-24(14-30-15,33-23-20(32-2)16(13-26)7-11-29-23)21(31)19-12-17(25)4-5-18(19)22-27-9-3-10-28-22/h3-5,7,9-12,15,30H,6,8,14H2,1-2H3/t15-,24-/m1/s1. The maximum Gasteiger partial charge on any atom is 0.259 e. The highest BCUT2D eigenvalue weighted by atomic mass is 19.1. The molecule has 0 aliphatic carbocycles. The summed E-state index contributed by atoms with van der Waals surface area (Å²) < 4.78 is 25.9. The van der Waals surface area contributed by atoms with Crippen LogP contribution < -0.4 is 14.8 Å². The number of carbonyl (C=O) groups excluding carboxylic acids is 1. The summed E-state index contributed by atoms with van der Waals surface area (Å²) in [7, 11) is 1.40. The zero-order valence-corrected chi connectivity index (χ0v) is 18.2. The van der Waals surface area contributed by atoms with Crippen LogP contribution in [-0.4, -0.2) is 46.0 Å². The number of ether oxygens (including phenoxy) is 2. The van der Waals surface area contributed by atoms with Crippen LogP contribution in [0.4, 0.5) is 4.39 Å². The second kappa shape index (κ2) is 9.30. The van der Waals surface area contributed by atoms with Gasteiger partial charge in [0.25, 0.3) is 5.88 Å². The van der Waals surface area contributed by atoms with Crippen molar-refractivity contribution in [2.24, 2.45) is 0 Å². The predicted molar refractivity (Wildman–Crippen MR) is 117 cm³/mol. The second-order valence-electron chi connectivity index (χ2n) is 7.82. The van der Waals surface area contributed by atoms with E-state index in [4.69, 9.17) is 9.47 Å². The van der Waals surface area contributed by atoms with Crippen LogP contribution in [0.25, 0.3) is 11.4 Å². The lowest BCUT2D eigenvalue weighted by Gasteiger charge is -2.39. The molecule has 2 aromatic heterocycles. The summed E-state index contributed by atoms with van der Waals surface area (Å²) in [5.74, 6) is -0.537. The topological polar surface area (TPSA) is 110 Å². The van der Waals surface area contributed by atoms with E-state index in [1.807, 2.05) is 13.0 Å². The minimum absolute atomic E-state index is 0.0233. The molecule has 4 rings (SSSR count). The maximum atomic E-state index is 14.3. The number of Topliss-reactive ketones (excluding diaryl/α,β-unsaturated/α-hetero) is 1. The Morgan fingerprint density at radius 2 is 2.03 bits per heavy atom. The molecular weight excluding hydrogens is 425 g/mol. The third-order valence-electron chi connectivity index (χ3n) is 5.65. The Kier molecular flexibility index (Phi) is 6.29. The molecule has 8 nitrogen and oxygen atoms in total. The van der Waals surface area contributed by atoms with E-state index in [-0.39, 0.29) is 35.3 Å². The molecule has 0 radical (unpaired) electrons. The van der Waals surface area contributed by atoms with Gasteiger partial charge in [0.2, 0.25) is 5.78 Å². The van der Waals surface area contributed by atoms with Gasteiger partial charge in [-0.3, -0.25) is 4.79 Å². The molecule has 0 bridgehead atoms. The molecule has 9 heteroatoms. The molecule has 1 saturated heterocycles. The van der Waals surface area contributed by atoms with Crippen molar-refractivity contribution < 1.29 is 18.7 Å². The summed E-state index contributed by atoms with van der Waals surface area (Å²) in [5.41, 5.74) is -0.674. The van der Waals surface area contributed by atoms with E-state index >= 15 is 0 Å². The second-order valence-corrected chi connectivity index (χ2v) is 7.82. The largest absolute Gasteiger partial charge is 0.490 e. The van der Waals surface area contributed by atoms with Crippen LogP contribution in [0.1, 0.15) is 35.7 Å². The number of benzene rings is 1. The van der Waals surface area contributed by atoms with Gasteiger partial charge in [-0.1, -0.05) is 0 Å². The Labute approximate surface area is 190 Å². The van der Waals surface area contributed by atoms with Gasteiger partial charge in [0.05, 0.1) is 7.11 Å². The van der Waals surface area contributed by atoms with Crippen LogP contribution in [0.15, 0.2) is 48.9 Å². The molecule has 1 fully saturated rings. The smallest absolute Gasteiger partial charge is 0.259 e. The van der Waals surface area contributed by atoms with Crippen LogP contribution in [0.5, 0.6) is 11.6 Å². The van der Waals surface area contributed by atoms with E-state index < -0.39 is 17.2 Å². The van der Waals surface area contributed by atoms with Gasteiger partial charge in [0, 0.05) is 42.3 Å². The van der Waals surface area contributed by atoms with Crippen molar-refractivity contribution in [3.05, 3.63) is 65.9 Å². The summed E-state index contributed by atoms with van der Waals surface area (Å²) in [4.78, 5) is 26.7. The molecule has 2 atom stereocenters. The number of aromatic nitrogens is 3. The fourth-order valence-electron chi connectivity index (χ4n) is 3.86. The van der Waals surface area contributed by atoms with E-state index in [0.717, 1.165) is 0 Å². The first-order valence-corrected chi connectivity index (χ1v) is 10.4. The third kappa shape index (κ3) is 4.38. The van der Waals surface area contributed by atoms with Crippen LogP contribution in [0.3, 0.4) is 0 Å². The number of nitrogens with zero attached hydrogens (tertiary/aromatic N) is 4. The third-order valence-corrected chi connectivity index (χ3v) is 5.65. The molecular formula is C24H22FN5O3. The van der Waals surface area contributed by atoms with Crippen molar-refractivity contribution in [3.8, 4) is 29.1 Å². The van der Waals surface area contributed by atoms with Crippen LogP contribution in [-0.2, 0) is 0 Å². The average molecular weight is 447 g/mol. The van der Waals surface area contributed by atoms with E-state index in [2.05, 4.69) is 20.3 Å². The molecule has 168 valence electrons. The maximum absolute atomic E-state index is 14.3. The Bertz CT molecular complexity index is 1200.